The van der Waals surface area contributed by atoms with Gasteiger partial charge < -0.3 is 19.5 Å². The summed E-state index contributed by atoms with van der Waals surface area (Å²) in [5.74, 6) is 0.694. The standard InChI is InChI=1S/C18H22N4O3/c1-25-16-5-2-4-15(11-16)22-12-14(10-18(22)24)20-17(23)6-3-8-21-9-7-19-13-21/h2,4-5,7,9,11,13-14H,3,6,8,10,12H2,1H3,(H,20,23)/t14-/m0/s1. The van der Waals surface area contributed by atoms with E-state index in [0.717, 1.165) is 18.7 Å². The fourth-order valence-corrected chi connectivity index (χ4v) is 2.97. The first kappa shape index (κ1) is 17.0. The van der Waals surface area contributed by atoms with Gasteiger partial charge in [-0.3, -0.25) is 9.59 Å². The highest BCUT2D eigenvalue weighted by molar-refractivity contribution is 5.97. The lowest BCUT2D eigenvalue weighted by atomic mass is 10.2. The molecule has 1 aromatic carbocycles. The highest BCUT2D eigenvalue weighted by atomic mass is 16.5. The number of hydrogen-bond acceptors (Lipinski definition) is 4. The molecule has 1 saturated heterocycles. The third kappa shape index (κ3) is 4.37. The summed E-state index contributed by atoms with van der Waals surface area (Å²) in [5.41, 5.74) is 0.793. The lowest BCUT2D eigenvalue weighted by Gasteiger charge is -2.18. The number of anilines is 1. The molecule has 0 spiro atoms. The van der Waals surface area contributed by atoms with E-state index in [1.54, 1.807) is 24.5 Å². The molecule has 0 bridgehead atoms. The third-order valence-corrected chi connectivity index (χ3v) is 4.23. The SMILES string of the molecule is COc1cccc(N2C[C@@H](NC(=O)CCCn3ccnc3)CC2=O)c1. The number of carbonyl (C=O) groups is 2. The molecule has 0 radical (unpaired) electrons. The van der Waals surface area contributed by atoms with Crippen LogP contribution in [0.15, 0.2) is 43.0 Å². The maximum atomic E-state index is 12.3. The molecule has 7 heteroatoms. The van der Waals surface area contributed by atoms with Crippen LogP contribution in [0, 0.1) is 0 Å². The normalized spacial score (nSPS) is 16.9. The number of nitrogens with zero attached hydrogens (tertiary/aromatic N) is 3. The Kier molecular flexibility index (Phi) is 5.33. The molecule has 1 aromatic heterocycles. The maximum absolute atomic E-state index is 12.3. The number of aryl methyl sites for hydroxylation is 1. The summed E-state index contributed by atoms with van der Waals surface area (Å²) >= 11 is 0. The van der Waals surface area contributed by atoms with Crippen LogP contribution in [0.5, 0.6) is 5.75 Å². The van der Waals surface area contributed by atoms with Crippen molar-refractivity contribution in [1.82, 2.24) is 14.9 Å². The fraction of sp³-hybridized carbons (Fsp3) is 0.389. The van der Waals surface area contributed by atoms with Gasteiger partial charge in [0.05, 0.1) is 19.5 Å². The van der Waals surface area contributed by atoms with Crippen LogP contribution in [0.2, 0.25) is 0 Å². The van der Waals surface area contributed by atoms with E-state index in [1.807, 2.05) is 35.0 Å². The zero-order valence-electron chi connectivity index (χ0n) is 14.2. The largest absolute Gasteiger partial charge is 0.497 e. The summed E-state index contributed by atoms with van der Waals surface area (Å²) in [6, 6.07) is 7.23. The molecule has 132 valence electrons. The number of rotatable bonds is 7. The Morgan fingerprint density at radius 2 is 2.32 bits per heavy atom. The van der Waals surface area contributed by atoms with Gasteiger partial charge in [0.1, 0.15) is 5.75 Å². The minimum Gasteiger partial charge on any atom is -0.497 e. The van der Waals surface area contributed by atoms with Gasteiger partial charge in [-0.25, -0.2) is 4.98 Å². The topological polar surface area (TPSA) is 76.5 Å². The van der Waals surface area contributed by atoms with Gasteiger partial charge in [0.25, 0.3) is 0 Å². The number of nitrogens with one attached hydrogen (secondary N) is 1. The Balaban J connectivity index is 1.49. The van der Waals surface area contributed by atoms with E-state index >= 15 is 0 Å². The van der Waals surface area contributed by atoms with Crippen molar-refractivity contribution in [3.8, 4) is 5.75 Å². The van der Waals surface area contributed by atoms with Crippen molar-refractivity contribution in [2.75, 3.05) is 18.6 Å². The van der Waals surface area contributed by atoms with Gasteiger partial charge in [-0.2, -0.15) is 0 Å². The predicted octanol–water partition coefficient (Wildman–Crippen LogP) is 1.59. The Hall–Kier alpha value is -2.83. The Morgan fingerprint density at radius 1 is 1.44 bits per heavy atom. The number of benzene rings is 1. The molecule has 7 nitrogen and oxygen atoms in total. The van der Waals surface area contributed by atoms with E-state index in [4.69, 9.17) is 4.74 Å². The van der Waals surface area contributed by atoms with Crippen LogP contribution in [0.1, 0.15) is 19.3 Å². The first-order valence-electron chi connectivity index (χ1n) is 8.35. The minimum absolute atomic E-state index is 0.0111. The Labute approximate surface area is 146 Å². The van der Waals surface area contributed by atoms with Gasteiger partial charge in [0.15, 0.2) is 0 Å². The first-order chi connectivity index (χ1) is 12.2. The van der Waals surface area contributed by atoms with Crippen molar-refractivity contribution in [3.63, 3.8) is 0 Å². The molecule has 0 saturated carbocycles. The van der Waals surface area contributed by atoms with Crippen molar-refractivity contribution >= 4 is 17.5 Å². The molecule has 3 rings (SSSR count). The van der Waals surface area contributed by atoms with Crippen LogP contribution in [0.4, 0.5) is 5.69 Å². The minimum atomic E-state index is -0.153. The molecule has 2 amide bonds. The summed E-state index contributed by atoms with van der Waals surface area (Å²) in [6.07, 6.45) is 6.82. The van der Waals surface area contributed by atoms with Crippen LogP contribution in [-0.4, -0.2) is 41.1 Å². The highest BCUT2D eigenvalue weighted by Gasteiger charge is 2.31. The summed E-state index contributed by atoms with van der Waals surface area (Å²) in [4.78, 5) is 30.0. The zero-order chi connectivity index (χ0) is 17.6. The van der Waals surface area contributed by atoms with Crippen molar-refractivity contribution in [2.45, 2.75) is 31.8 Å². The lowest BCUT2D eigenvalue weighted by Crippen LogP contribution is -2.37. The molecular formula is C18H22N4O3. The highest BCUT2D eigenvalue weighted by Crippen LogP contribution is 2.25. The van der Waals surface area contributed by atoms with Gasteiger partial charge in [-0.15, -0.1) is 0 Å². The maximum Gasteiger partial charge on any atom is 0.229 e. The third-order valence-electron chi connectivity index (χ3n) is 4.23. The smallest absolute Gasteiger partial charge is 0.229 e. The molecule has 2 aromatic rings. The number of carbonyl (C=O) groups excluding carboxylic acids is 2. The molecule has 1 fully saturated rings. The van der Waals surface area contributed by atoms with E-state index in [2.05, 4.69) is 10.3 Å². The van der Waals surface area contributed by atoms with Crippen LogP contribution in [0.3, 0.4) is 0 Å². The number of aromatic nitrogens is 2. The molecular weight excluding hydrogens is 320 g/mol. The molecule has 0 unspecified atom stereocenters. The van der Waals surface area contributed by atoms with Crippen molar-refractivity contribution in [1.29, 1.82) is 0 Å². The second-order valence-corrected chi connectivity index (χ2v) is 6.08. The Bertz CT molecular complexity index is 730. The second kappa shape index (κ2) is 7.83. The van der Waals surface area contributed by atoms with Crippen molar-refractivity contribution in [2.24, 2.45) is 0 Å². The van der Waals surface area contributed by atoms with E-state index in [1.165, 1.54) is 0 Å². The average molecular weight is 342 g/mol. The van der Waals surface area contributed by atoms with Gasteiger partial charge in [0, 0.05) is 50.1 Å². The van der Waals surface area contributed by atoms with E-state index in [-0.39, 0.29) is 17.9 Å². The molecule has 1 N–H and O–H groups in total. The van der Waals surface area contributed by atoms with Crippen LogP contribution < -0.4 is 15.0 Å². The predicted molar refractivity (Wildman–Crippen MR) is 93.4 cm³/mol. The summed E-state index contributed by atoms with van der Waals surface area (Å²) in [6.45, 7) is 1.24. The van der Waals surface area contributed by atoms with Gasteiger partial charge >= 0.3 is 0 Å². The molecule has 1 aliphatic heterocycles. The molecule has 1 atom stereocenters. The van der Waals surface area contributed by atoms with Crippen LogP contribution in [-0.2, 0) is 16.1 Å². The lowest BCUT2D eigenvalue weighted by molar-refractivity contribution is -0.121. The number of ether oxygens (including phenoxy) is 1. The number of hydrogen-bond donors (Lipinski definition) is 1. The summed E-state index contributed by atoms with van der Waals surface area (Å²) < 4.78 is 7.14. The fourth-order valence-electron chi connectivity index (χ4n) is 2.97. The molecule has 0 aliphatic carbocycles. The monoisotopic (exact) mass is 342 g/mol. The number of methoxy groups -OCH3 is 1. The van der Waals surface area contributed by atoms with Crippen molar-refractivity contribution < 1.29 is 14.3 Å². The zero-order valence-corrected chi connectivity index (χ0v) is 14.2. The molecule has 1 aliphatic rings. The van der Waals surface area contributed by atoms with Gasteiger partial charge in [0.2, 0.25) is 11.8 Å². The van der Waals surface area contributed by atoms with E-state index < -0.39 is 0 Å². The van der Waals surface area contributed by atoms with Gasteiger partial charge in [-0.1, -0.05) is 6.07 Å². The van der Waals surface area contributed by atoms with Gasteiger partial charge in [-0.05, 0) is 18.6 Å². The summed E-state index contributed by atoms with van der Waals surface area (Å²) in [5, 5.41) is 2.96. The quantitative estimate of drug-likeness (QED) is 0.829. The molecule has 25 heavy (non-hydrogen) atoms. The van der Waals surface area contributed by atoms with Crippen LogP contribution >= 0.6 is 0 Å². The van der Waals surface area contributed by atoms with Crippen molar-refractivity contribution in [3.05, 3.63) is 43.0 Å². The number of amides is 2. The average Bonchev–Trinajstić information content (AvgIpc) is 3.24. The second-order valence-electron chi connectivity index (χ2n) is 6.08. The summed E-state index contributed by atoms with van der Waals surface area (Å²) in [7, 11) is 1.59. The van der Waals surface area contributed by atoms with Crippen LogP contribution in [0.25, 0.3) is 0 Å². The first-order valence-corrected chi connectivity index (χ1v) is 8.35. The molecule has 2 heterocycles. The number of imidazole rings is 1. The van der Waals surface area contributed by atoms with E-state index in [0.29, 0.717) is 25.1 Å². The van der Waals surface area contributed by atoms with E-state index in [9.17, 15) is 9.59 Å². The Morgan fingerprint density at radius 3 is 3.08 bits per heavy atom.